The van der Waals surface area contributed by atoms with Crippen molar-refractivity contribution in [1.82, 2.24) is 9.03 Å². The quantitative estimate of drug-likeness (QED) is 0.892. The van der Waals surface area contributed by atoms with Crippen LogP contribution in [0.25, 0.3) is 0 Å². The Morgan fingerprint density at radius 1 is 1.41 bits per heavy atom. The monoisotopic (exact) mass is 324 g/mol. The van der Waals surface area contributed by atoms with Crippen LogP contribution in [-0.4, -0.2) is 33.4 Å². The summed E-state index contributed by atoms with van der Waals surface area (Å²) in [5, 5.41) is 0. The van der Waals surface area contributed by atoms with Crippen LogP contribution in [0.5, 0.6) is 0 Å². The highest BCUT2D eigenvalue weighted by Gasteiger charge is 2.12. The van der Waals surface area contributed by atoms with Crippen LogP contribution in [0.3, 0.4) is 0 Å². The van der Waals surface area contributed by atoms with Gasteiger partial charge in [-0.3, -0.25) is 0 Å². The first-order valence-electron chi connectivity index (χ1n) is 4.94. The smallest absolute Gasteiger partial charge is 0.207 e. The first-order valence-corrected chi connectivity index (χ1v) is 7.17. The number of nitrogens with one attached hydrogen (secondary N) is 1. The zero-order chi connectivity index (χ0) is 13.1. The minimum atomic E-state index is -3.44. The van der Waals surface area contributed by atoms with Crippen molar-refractivity contribution in [1.29, 1.82) is 0 Å². The van der Waals surface area contributed by atoms with E-state index in [-0.39, 0.29) is 12.4 Å². The third-order valence-electron chi connectivity index (χ3n) is 2.17. The molecule has 0 spiro atoms. The Hall–Kier alpha value is -0.500. The molecule has 1 aromatic rings. The minimum absolute atomic E-state index is 0.161. The van der Waals surface area contributed by atoms with E-state index in [1.165, 1.54) is 20.2 Å². The van der Waals surface area contributed by atoms with Crippen LogP contribution in [0.15, 0.2) is 22.7 Å². The van der Waals surface area contributed by atoms with E-state index < -0.39 is 10.2 Å². The number of rotatable bonds is 5. The van der Waals surface area contributed by atoms with Gasteiger partial charge in [-0.05, 0) is 30.2 Å². The van der Waals surface area contributed by atoms with Gasteiger partial charge in [-0.15, -0.1) is 0 Å². The Morgan fingerprint density at radius 3 is 2.65 bits per heavy atom. The van der Waals surface area contributed by atoms with Gasteiger partial charge < -0.3 is 0 Å². The van der Waals surface area contributed by atoms with Crippen molar-refractivity contribution in [3.63, 3.8) is 0 Å². The molecule has 0 aromatic heterocycles. The molecule has 0 aliphatic carbocycles. The first kappa shape index (κ1) is 14.6. The standard InChI is InChI=1S/C10H14BrFN2O2S/c1-14(2)17(15,16)13-6-5-8-7-9(11)3-4-10(8)12/h3-4,7,13H,5-6H2,1-2H3. The van der Waals surface area contributed by atoms with Crippen molar-refractivity contribution in [2.45, 2.75) is 6.42 Å². The molecular weight excluding hydrogens is 311 g/mol. The Morgan fingerprint density at radius 2 is 2.06 bits per heavy atom. The van der Waals surface area contributed by atoms with Crippen LogP contribution in [0.4, 0.5) is 4.39 Å². The van der Waals surface area contributed by atoms with Gasteiger partial charge in [-0.1, -0.05) is 15.9 Å². The molecule has 0 aliphatic heterocycles. The van der Waals surface area contributed by atoms with Crippen LogP contribution < -0.4 is 4.72 Å². The first-order chi connectivity index (χ1) is 7.83. The molecule has 0 bridgehead atoms. The molecule has 0 saturated carbocycles. The van der Waals surface area contributed by atoms with Gasteiger partial charge in [-0.25, -0.2) is 9.11 Å². The molecule has 0 amide bonds. The van der Waals surface area contributed by atoms with E-state index in [0.29, 0.717) is 12.0 Å². The van der Waals surface area contributed by atoms with Crippen LogP contribution in [0, 0.1) is 5.82 Å². The highest BCUT2D eigenvalue weighted by Crippen LogP contribution is 2.15. The van der Waals surface area contributed by atoms with Gasteiger partial charge in [0.2, 0.25) is 0 Å². The topological polar surface area (TPSA) is 49.4 Å². The summed E-state index contributed by atoms with van der Waals surface area (Å²) in [7, 11) is -0.577. The summed E-state index contributed by atoms with van der Waals surface area (Å²) in [6.07, 6.45) is 0.304. The fourth-order valence-corrected chi connectivity index (χ4v) is 2.21. The maximum Gasteiger partial charge on any atom is 0.278 e. The number of hydrogen-bond donors (Lipinski definition) is 1. The SMILES string of the molecule is CN(C)S(=O)(=O)NCCc1cc(Br)ccc1F. The highest BCUT2D eigenvalue weighted by molar-refractivity contribution is 9.10. The Balaban J connectivity index is 2.60. The third-order valence-corrected chi connectivity index (χ3v) is 4.19. The molecule has 1 N–H and O–H groups in total. The summed E-state index contributed by atoms with van der Waals surface area (Å²) in [5.41, 5.74) is 0.473. The Kier molecular flexibility index (Phi) is 5.05. The van der Waals surface area contributed by atoms with Crippen molar-refractivity contribution in [3.8, 4) is 0 Å². The fraction of sp³-hybridized carbons (Fsp3) is 0.400. The summed E-state index contributed by atoms with van der Waals surface area (Å²) in [6.45, 7) is 0.161. The zero-order valence-electron chi connectivity index (χ0n) is 9.57. The van der Waals surface area contributed by atoms with E-state index in [9.17, 15) is 12.8 Å². The molecule has 0 heterocycles. The molecule has 0 unspecified atom stereocenters. The summed E-state index contributed by atoms with van der Waals surface area (Å²) in [5.74, 6) is -0.336. The maximum atomic E-state index is 13.3. The van der Waals surface area contributed by atoms with Crippen molar-refractivity contribution in [2.24, 2.45) is 0 Å². The minimum Gasteiger partial charge on any atom is -0.207 e. The molecule has 0 fully saturated rings. The van der Waals surface area contributed by atoms with Gasteiger partial charge in [0.15, 0.2) is 0 Å². The van der Waals surface area contributed by atoms with E-state index in [1.807, 2.05) is 0 Å². The Labute approximate surface area is 109 Å². The van der Waals surface area contributed by atoms with Gasteiger partial charge in [0, 0.05) is 25.1 Å². The zero-order valence-corrected chi connectivity index (χ0v) is 12.0. The molecule has 0 atom stereocenters. The van der Waals surface area contributed by atoms with Crippen LogP contribution >= 0.6 is 15.9 Å². The second-order valence-corrected chi connectivity index (χ2v) is 6.55. The fourth-order valence-electron chi connectivity index (χ4n) is 1.18. The summed E-state index contributed by atoms with van der Waals surface area (Å²) >= 11 is 3.24. The molecule has 1 rings (SSSR count). The van der Waals surface area contributed by atoms with E-state index in [4.69, 9.17) is 0 Å². The normalized spacial score (nSPS) is 12.1. The summed E-state index contributed by atoms with van der Waals surface area (Å²) in [4.78, 5) is 0. The van der Waals surface area contributed by atoms with Crippen molar-refractivity contribution >= 4 is 26.1 Å². The molecule has 4 nitrogen and oxygen atoms in total. The van der Waals surface area contributed by atoms with E-state index in [1.54, 1.807) is 12.1 Å². The number of benzene rings is 1. The molecule has 1 aromatic carbocycles. The summed E-state index contributed by atoms with van der Waals surface area (Å²) in [6, 6.07) is 4.59. The number of hydrogen-bond acceptors (Lipinski definition) is 2. The lowest BCUT2D eigenvalue weighted by Crippen LogP contribution is -2.36. The van der Waals surface area contributed by atoms with Gasteiger partial charge in [-0.2, -0.15) is 12.7 Å². The lowest BCUT2D eigenvalue weighted by molar-refractivity contribution is 0.505. The molecule has 96 valence electrons. The summed E-state index contributed by atoms with van der Waals surface area (Å²) < 4.78 is 40.3. The van der Waals surface area contributed by atoms with Crippen molar-refractivity contribution in [2.75, 3.05) is 20.6 Å². The van der Waals surface area contributed by atoms with Crippen LogP contribution in [0.1, 0.15) is 5.56 Å². The molecule has 0 saturated heterocycles. The van der Waals surface area contributed by atoms with Crippen molar-refractivity contribution in [3.05, 3.63) is 34.1 Å². The van der Waals surface area contributed by atoms with E-state index in [2.05, 4.69) is 20.7 Å². The van der Waals surface area contributed by atoms with E-state index in [0.717, 1.165) is 8.78 Å². The predicted octanol–water partition coefficient (Wildman–Crippen LogP) is 1.53. The molecule has 0 radical (unpaired) electrons. The van der Waals surface area contributed by atoms with E-state index >= 15 is 0 Å². The van der Waals surface area contributed by atoms with Crippen molar-refractivity contribution < 1.29 is 12.8 Å². The van der Waals surface area contributed by atoms with Gasteiger partial charge in [0.05, 0.1) is 0 Å². The second kappa shape index (κ2) is 5.90. The molecule has 7 heteroatoms. The maximum absolute atomic E-state index is 13.3. The largest absolute Gasteiger partial charge is 0.278 e. The van der Waals surface area contributed by atoms with Crippen LogP contribution in [0.2, 0.25) is 0 Å². The lowest BCUT2D eigenvalue weighted by Gasteiger charge is -2.12. The molecule has 0 aliphatic rings. The second-order valence-electron chi connectivity index (χ2n) is 3.67. The predicted molar refractivity (Wildman–Crippen MR) is 68.4 cm³/mol. The number of halogens is 2. The van der Waals surface area contributed by atoms with Crippen LogP contribution in [-0.2, 0) is 16.6 Å². The molecule has 17 heavy (non-hydrogen) atoms. The van der Waals surface area contributed by atoms with Gasteiger partial charge in [0.1, 0.15) is 5.82 Å². The molecular formula is C10H14BrFN2O2S. The lowest BCUT2D eigenvalue weighted by atomic mass is 10.1. The highest BCUT2D eigenvalue weighted by atomic mass is 79.9. The average Bonchev–Trinajstić information content (AvgIpc) is 2.22. The third kappa shape index (κ3) is 4.34. The average molecular weight is 325 g/mol. The van der Waals surface area contributed by atoms with Gasteiger partial charge >= 0.3 is 0 Å². The number of nitrogens with zero attached hydrogens (tertiary/aromatic N) is 1. The van der Waals surface area contributed by atoms with Gasteiger partial charge in [0.25, 0.3) is 10.2 Å². The Bertz CT molecular complexity index is 491.